The SMILES string of the molecule is CC1C(C(=O)O)CCN1C(=O)COc1ccccc1. The molecule has 102 valence electrons. The Morgan fingerprint density at radius 3 is 2.63 bits per heavy atom. The molecule has 2 unspecified atom stereocenters. The van der Waals surface area contributed by atoms with E-state index < -0.39 is 11.9 Å². The second-order valence-corrected chi connectivity index (χ2v) is 4.66. The molecule has 1 aromatic rings. The van der Waals surface area contributed by atoms with Crippen LogP contribution in [-0.4, -0.2) is 41.1 Å². The molecule has 1 aromatic carbocycles. The first-order valence-electron chi connectivity index (χ1n) is 6.29. The zero-order valence-corrected chi connectivity index (χ0v) is 10.8. The summed E-state index contributed by atoms with van der Waals surface area (Å²) in [6.07, 6.45) is 0.508. The van der Waals surface area contributed by atoms with E-state index in [0.717, 1.165) is 0 Å². The van der Waals surface area contributed by atoms with Crippen LogP contribution in [0.1, 0.15) is 13.3 Å². The molecule has 2 atom stereocenters. The topological polar surface area (TPSA) is 66.8 Å². The lowest BCUT2D eigenvalue weighted by atomic mass is 10.0. The van der Waals surface area contributed by atoms with E-state index >= 15 is 0 Å². The van der Waals surface area contributed by atoms with Gasteiger partial charge in [-0.2, -0.15) is 0 Å². The summed E-state index contributed by atoms with van der Waals surface area (Å²) in [5.41, 5.74) is 0. The van der Waals surface area contributed by atoms with E-state index in [9.17, 15) is 9.59 Å². The third kappa shape index (κ3) is 3.05. The first-order valence-corrected chi connectivity index (χ1v) is 6.29. The lowest BCUT2D eigenvalue weighted by Crippen LogP contribution is -2.40. The number of carbonyl (C=O) groups is 2. The third-order valence-corrected chi connectivity index (χ3v) is 3.50. The number of carbonyl (C=O) groups excluding carboxylic acids is 1. The molecule has 5 heteroatoms. The third-order valence-electron chi connectivity index (χ3n) is 3.50. The molecule has 0 saturated carbocycles. The summed E-state index contributed by atoms with van der Waals surface area (Å²) < 4.78 is 5.39. The monoisotopic (exact) mass is 263 g/mol. The maximum Gasteiger partial charge on any atom is 0.308 e. The molecular formula is C14H17NO4. The van der Waals surface area contributed by atoms with E-state index in [1.54, 1.807) is 24.0 Å². The Kier molecular flexibility index (Phi) is 4.04. The summed E-state index contributed by atoms with van der Waals surface area (Å²) in [7, 11) is 0. The van der Waals surface area contributed by atoms with Crippen LogP contribution in [0.3, 0.4) is 0 Å². The van der Waals surface area contributed by atoms with Gasteiger partial charge in [0.05, 0.1) is 5.92 Å². The summed E-state index contributed by atoms with van der Waals surface area (Å²) in [6.45, 7) is 2.20. The number of amides is 1. The van der Waals surface area contributed by atoms with Gasteiger partial charge in [-0.05, 0) is 25.5 Å². The number of carboxylic acid groups (broad SMARTS) is 1. The highest BCUT2D eigenvalue weighted by Gasteiger charge is 2.38. The number of rotatable bonds is 4. The first kappa shape index (κ1) is 13.4. The minimum atomic E-state index is -0.841. The van der Waals surface area contributed by atoms with Crippen molar-refractivity contribution in [2.75, 3.05) is 13.2 Å². The van der Waals surface area contributed by atoms with Gasteiger partial charge in [-0.3, -0.25) is 9.59 Å². The van der Waals surface area contributed by atoms with Crippen LogP contribution in [0.25, 0.3) is 0 Å². The number of nitrogens with zero attached hydrogens (tertiary/aromatic N) is 1. The van der Waals surface area contributed by atoms with E-state index in [1.165, 1.54) is 0 Å². The number of para-hydroxylation sites is 1. The quantitative estimate of drug-likeness (QED) is 0.891. The Bertz CT molecular complexity index is 460. The van der Waals surface area contributed by atoms with Crippen LogP contribution >= 0.6 is 0 Å². The fourth-order valence-electron chi connectivity index (χ4n) is 2.37. The van der Waals surface area contributed by atoms with Crippen molar-refractivity contribution in [1.29, 1.82) is 0 Å². The van der Waals surface area contributed by atoms with Crippen molar-refractivity contribution < 1.29 is 19.4 Å². The molecule has 0 aliphatic carbocycles. The van der Waals surface area contributed by atoms with Gasteiger partial charge in [0.25, 0.3) is 5.91 Å². The summed E-state index contributed by atoms with van der Waals surface area (Å²) in [6, 6.07) is 8.82. The molecule has 1 saturated heterocycles. The van der Waals surface area contributed by atoms with E-state index in [2.05, 4.69) is 0 Å². The second kappa shape index (κ2) is 5.73. The number of carboxylic acids is 1. The molecule has 1 N–H and O–H groups in total. The molecule has 1 amide bonds. The summed E-state index contributed by atoms with van der Waals surface area (Å²) in [5, 5.41) is 9.02. The van der Waals surface area contributed by atoms with Crippen LogP contribution in [0.4, 0.5) is 0 Å². The molecule has 2 rings (SSSR count). The number of benzene rings is 1. The Morgan fingerprint density at radius 1 is 1.37 bits per heavy atom. The van der Waals surface area contributed by atoms with Crippen LogP contribution in [-0.2, 0) is 9.59 Å². The molecule has 5 nitrogen and oxygen atoms in total. The lowest BCUT2D eigenvalue weighted by molar-refractivity contribution is -0.143. The molecule has 0 spiro atoms. The van der Waals surface area contributed by atoms with Crippen molar-refractivity contribution in [3.8, 4) is 5.75 Å². The molecule has 0 bridgehead atoms. The van der Waals surface area contributed by atoms with Crippen LogP contribution in [0.2, 0.25) is 0 Å². The molecule has 0 radical (unpaired) electrons. The van der Waals surface area contributed by atoms with Gasteiger partial charge in [-0.1, -0.05) is 18.2 Å². The fourth-order valence-corrected chi connectivity index (χ4v) is 2.37. The maximum atomic E-state index is 12.0. The van der Waals surface area contributed by atoms with Gasteiger partial charge in [0, 0.05) is 12.6 Å². The molecular weight excluding hydrogens is 246 g/mol. The zero-order chi connectivity index (χ0) is 13.8. The Hall–Kier alpha value is -2.04. The standard InChI is InChI=1S/C14H17NO4/c1-10-12(14(17)18)7-8-15(10)13(16)9-19-11-5-3-2-4-6-11/h2-6,10,12H,7-9H2,1H3,(H,17,18). The Balaban J connectivity index is 1.89. The van der Waals surface area contributed by atoms with Crippen molar-refractivity contribution in [2.24, 2.45) is 5.92 Å². The number of ether oxygens (including phenoxy) is 1. The largest absolute Gasteiger partial charge is 0.484 e. The lowest BCUT2D eigenvalue weighted by Gasteiger charge is -2.23. The van der Waals surface area contributed by atoms with E-state index in [4.69, 9.17) is 9.84 Å². The van der Waals surface area contributed by atoms with Crippen LogP contribution in [0.5, 0.6) is 5.75 Å². The van der Waals surface area contributed by atoms with Crippen LogP contribution < -0.4 is 4.74 Å². The van der Waals surface area contributed by atoms with Crippen LogP contribution in [0, 0.1) is 5.92 Å². The number of aliphatic carboxylic acids is 1. The molecule has 1 aliphatic heterocycles. The summed E-state index contributed by atoms with van der Waals surface area (Å²) in [5.74, 6) is -0.843. The van der Waals surface area contributed by atoms with Crippen molar-refractivity contribution in [2.45, 2.75) is 19.4 Å². The van der Waals surface area contributed by atoms with Gasteiger partial charge in [-0.25, -0.2) is 0 Å². The fraction of sp³-hybridized carbons (Fsp3) is 0.429. The predicted octanol–water partition coefficient (Wildman–Crippen LogP) is 1.39. The van der Waals surface area contributed by atoms with E-state index in [1.807, 2.05) is 18.2 Å². The highest BCUT2D eigenvalue weighted by atomic mass is 16.5. The van der Waals surface area contributed by atoms with E-state index in [0.29, 0.717) is 18.7 Å². The van der Waals surface area contributed by atoms with Gasteiger partial charge in [-0.15, -0.1) is 0 Å². The van der Waals surface area contributed by atoms with Gasteiger partial charge < -0.3 is 14.7 Å². The highest BCUT2D eigenvalue weighted by Crippen LogP contribution is 2.24. The van der Waals surface area contributed by atoms with Crippen molar-refractivity contribution in [3.05, 3.63) is 30.3 Å². The summed E-state index contributed by atoms with van der Waals surface area (Å²) >= 11 is 0. The molecule has 1 aliphatic rings. The van der Waals surface area contributed by atoms with Gasteiger partial charge >= 0.3 is 5.97 Å². The normalized spacial score (nSPS) is 22.3. The molecule has 1 heterocycles. The van der Waals surface area contributed by atoms with Gasteiger partial charge in [0.15, 0.2) is 6.61 Å². The molecule has 0 aromatic heterocycles. The van der Waals surface area contributed by atoms with Crippen molar-refractivity contribution in [1.82, 2.24) is 4.90 Å². The first-order chi connectivity index (χ1) is 9.09. The summed E-state index contributed by atoms with van der Waals surface area (Å²) in [4.78, 5) is 24.6. The van der Waals surface area contributed by atoms with Crippen LogP contribution in [0.15, 0.2) is 30.3 Å². The molecule has 19 heavy (non-hydrogen) atoms. The maximum absolute atomic E-state index is 12.0. The Morgan fingerprint density at radius 2 is 2.05 bits per heavy atom. The van der Waals surface area contributed by atoms with Gasteiger partial charge in [0.2, 0.25) is 0 Å². The van der Waals surface area contributed by atoms with Gasteiger partial charge in [0.1, 0.15) is 5.75 Å². The highest BCUT2D eigenvalue weighted by molar-refractivity contribution is 5.80. The number of likely N-dealkylation sites (tertiary alicyclic amines) is 1. The average Bonchev–Trinajstić information content (AvgIpc) is 2.79. The predicted molar refractivity (Wildman–Crippen MR) is 68.9 cm³/mol. The van der Waals surface area contributed by atoms with E-state index in [-0.39, 0.29) is 18.6 Å². The minimum Gasteiger partial charge on any atom is -0.484 e. The number of hydrogen-bond donors (Lipinski definition) is 1. The smallest absolute Gasteiger partial charge is 0.308 e. The van der Waals surface area contributed by atoms with Crippen molar-refractivity contribution in [3.63, 3.8) is 0 Å². The van der Waals surface area contributed by atoms with Crippen molar-refractivity contribution >= 4 is 11.9 Å². The molecule has 1 fully saturated rings. The minimum absolute atomic E-state index is 0.0549. The average molecular weight is 263 g/mol. The second-order valence-electron chi connectivity index (χ2n) is 4.66. The Labute approximate surface area is 111 Å². The zero-order valence-electron chi connectivity index (χ0n) is 10.8. The number of hydrogen-bond acceptors (Lipinski definition) is 3.